The van der Waals surface area contributed by atoms with Gasteiger partial charge in [-0.2, -0.15) is 0 Å². The Kier molecular flexibility index (Phi) is 7.18. The summed E-state index contributed by atoms with van der Waals surface area (Å²) in [6.45, 7) is 5.94. The Morgan fingerprint density at radius 3 is 2.45 bits per heavy atom. The molecule has 0 bridgehead atoms. The van der Waals surface area contributed by atoms with Gasteiger partial charge in [0.2, 0.25) is 5.82 Å². The van der Waals surface area contributed by atoms with Crippen molar-refractivity contribution < 1.29 is 33.4 Å². The molecular formula is C31H32N6O7. The molecule has 1 saturated heterocycles. The van der Waals surface area contributed by atoms with E-state index in [-0.39, 0.29) is 29.6 Å². The number of likely N-dealkylation sites (tertiary alicyclic amines) is 1. The highest BCUT2D eigenvalue weighted by Gasteiger charge is 2.44. The lowest BCUT2D eigenvalue weighted by molar-refractivity contribution is -0.157. The molecule has 2 aromatic heterocycles. The first-order valence-electron chi connectivity index (χ1n) is 14.2. The molecule has 2 aromatic carbocycles. The zero-order valence-electron chi connectivity index (χ0n) is 25.1. The van der Waals surface area contributed by atoms with Crippen LogP contribution in [0.25, 0.3) is 22.3 Å². The molecule has 4 aromatic rings. The molecule has 0 aliphatic carbocycles. The van der Waals surface area contributed by atoms with Crippen LogP contribution in [0.2, 0.25) is 0 Å². The van der Waals surface area contributed by atoms with E-state index in [2.05, 4.69) is 20.4 Å². The number of para-hydroxylation sites is 1. The number of benzene rings is 2. The fraction of sp³-hybridized carbons (Fsp3) is 0.387. The first-order valence-corrected chi connectivity index (χ1v) is 14.2. The molecule has 4 heterocycles. The maximum Gasteiger partial charge on any atom is 0.342 e. The number of hydrogen-bond donors (Lipinski definition) is 0. The largest absolute Gasteiger partial charge is 0.496 e. The van der Waals surface area contributed by atoms with Crippen molar-refractivity contribution in [1.82, 2.24) is 30.3 Å². The lowest BCUT2D eigenvalue weighted by Gasteiger charge is -2.43. The van der Waals surface area contributed by atoms with Crippen molar-refractivity contribution in [2.75, 3.05) is 27.3 Å². The van der Waals surface area contributed by atoms with Crippen LogP contribution in [0.3, 0.4) is 0 Å². The number of tetrazole rings is 1. The number of rotatable bonds is 5. The number of carbonyl (C=O) groups is 3. The maximum atomic E-state index is 13.5. The summed E-state index contributed by atoms with van der Waals surface area (Å²) in [7, 11) is 3.11. The van der Waals surface area contributed by atoms with E-state index in [4.69, 9.17) is 19.0 Å². The molecule has 0 saturated carbocycles. The number of Topliss-reactive ketones (excluding diaryl/α,β-unsaturated/α-hetero) is 1. The first-order chi connectivity index (χ1) is 21.0. The summed E-state index contributed by atoms with van der Waals surface area (Å²) in [6.07, 6.45) is 1.14. The van der Waals surface area contributed by atoms with Crippen LogP contribution in [-0.4, -0.2) is 80.8 Å². The number of methoxy groups -OCH3 is 2. The highest BCUT2D eigenvalue weighted by atomic mass is 16.7. The van der Waals surface area contributed by atoms with E-state index in [0.29, 0.717) is 59.8 Å². The van der Waals surface area contributed by atoms with E-state index in [1.807, 2.05) is 12.1 Å². The lowest BCUT2D eigenvalue weighted by Crippen LogP contribution is -2.52. The number of pyridine rings is 1. The molecule has 0 atom stereocenters. The molecule has 13 heteroatoms. The fourth-order valence-electron chi connectivity index (χ4n) is 5.39. The van der Waals surface area contributed by atoms with Crippen molar-refractivity contribution in [2.45, 2.75) is 45.6 Å². The molecule has 44 heavy (non-hydrogen) atoms. The number of ether oxygens (including phenoxy) is 3. The number of fused-ring (bicyclic) bond motifs is 2. The van der Waals surface area contributed by atoms with Gasteiger partial charge in [0.15, 0.2) is 5.78 Å². The van der Waals surface area contributed by atoms with Crippen LogP contribution in [0.15, 0.2) is 42.5 Å². The second-order valence-electron chi connectivity index (χ2n) is 11.9. The molecule has 2 aliphatic rings. The molecule has 1 spiro atoms. The summed E-state index contributed by atoms with van der Waals surface area (Å²) >= 11 is 0. The van der Waals surface area contributed by atoms with E-state index in [1.165, 1.54) is 0 Å². The third-order valence-electron chi connectivity index (χ3n) is 7.91. The van der Waals surface area contributed by atoms with Crippen molar-refractivity contribution >= 4 is 28.6 Å². The van der Waals surface area contributed by atoms with Crippen LogP contribution in [0.1, 0.15) is 60.9 Å². The third kappa shape index (κ3) is 5.29. The predicted octanol–water partition coefficient (Wildman–Crippen LogP) is 3.55. The summed E-state index contributed by atoms with van der Waals surface area (Å²) in [5.74, 6) is 0.927. The van der Waals surface area contributed by atoms with Gasteiger partial charge in [0.05, 0.1) is 31.6 Å². The summed E-state index contributed by atoms with van der Waals surface area (Å²) in [4.78, 5) is 51.3. The normalized spacial score (nSPS) is 15.9. The SMILES string of the molecule is COc1cc(C(=O)N2CCC3(CC2)CC(=O)c2cc(-c4nnn(OC(=O)C(C)(C)C)n4)ccc2O3)nc2c(OC)cccc12. The van der Waals surface area contributed by atoms with Crippen LogP contribution in [0, 0.1) is 5.41 Å². The minimum absolute atomic E-state index is 0.0764. The van der Waals surface area contributed by atoms with Gasteiger partial charge in [-0.1, -0.05) is 11.2 Å². The van der Waals surface area contributed by atoms with E-state index in [0.717, 1.165) is 10.3 Å². The minimum Gasteiger partial charge on any atom is -0.496 e. The molecule has 2 aliphatic heterocycles. The van der Waals surface area contributed by atoms with Gasteiger partial charge in [-0.05, 0) is 56.3 Å². The Labute approximate surface area is 253 Å². The number of amides is 1. The topological polar surface area (TPSA) is 148 Å². The highest BCUT2D eigenvalue weighted by Crippen LogP contribution is 2.41. The van der Waals surface area contributed by atoms with Gasteiger partial charge in [0.1, 0.15) is 34.1 Å². The second kappa shape index (κ2) is 10.9. The van der Waals surface area contributed by atoms with E-state index < -0.39 is 17.0 Å². The van der Waals surface area contributed by atoms with Gasteiger partial charge >= 0.3 is 5.97 Å². The highest BCUT2D eigenvalue weighted by molar-refractivity contribution is 6.01. The zero-order chi connectivity index (χ0) is 31.2. The van der Waals surface area contributed by atoms with Gasteiger partial charge in [0.25, 0.3) is 5.91 Å². The Morgan fingerprint density at radius 2 is 1.75 bits per heavy atom. The van der Waals surface area contributed by atoms with Crippen LogP contribution in [0.5, 0.6) is 17.2 Å². The van der Waals surface area contributed by atoms with Gasteiger partial charge in [0, 0.05) is 47.9 Å². The smallest absolute Gasteiger partial charge is 0.342 e. The third-order valence-corrected chi connectivity index (χ3v) is 7.91. The second-order valence-corrected chi connectivity index (χ2v) is 11.9. The molecule has 228 valence electrons. The average molecular weight is 601 g/mol. The van der Waals surface area contributed by atoms with Crippen LogP contribution >= 0.6 is 0 Å². The van der Waals surface area contributed by atoms with Crippen molar-refractivity contribution in [2.24, 2.45) is 5.41 Å². The molecular weight excluding hydrogens is 568 g/mol. The molecule has 6 rings (SSSR count). The molecule has 13 nitrogen and oxygen atoms in total. The zero-order valence-corrected chi connectivity index (χ0v) is 25.1. The number of carbonyl (C=O) groups excluding carboxylic acids is 3. The van der Waals surface area contributed by atoms with Crippen molar-refractivity contribution in [3.05, 3.63) is 53.7 Å². The number of aromatic nitrogens is 5. The quantitative estimate of drug-likeness (QED) is 0.310. The summed E-state index contributed by atoms with van der Waals surface area (Å²) < 4.78 is 17.4. The lowest BCUT2D eigenvalue weighted by atomic mass is 9.82. The summed E-state index contributed by atoms with van der Waals surface area (Å²) in [5.41, 5.74) is 0.292. The number of nitrogens with zero attached hydrogens (tertiary/aromatic N) is 6. The Hall–Kier alpha value is -5.07. The van der Waals surface area contributed by atoms with Crippen molar-refractivity contribution in [3.8, 4) is 28.6 Å². The van der Waals surface area contributed by atoms with Gasteiger partial charge in [-0.25, -0.2) is 9.78 Å². The standard InChI is InChI=1S/C31H32N6O7/c1-30(2,3)29(40)44-37-34-27(33-35-37)18-9-10-23-20(15-18)22(38)17-31(43-23)11-13-36(14-12-31)28(39)21-16-25(42-5)19-7-6-8-24(41-4)26(19)32-21/h6-10,15-16H,11-14,17H2,1-5H3. The monoisotopic (exact) mass is 600 g/mol. The molecule has 0 radical (unpaired) electrons. The molecule has 0 N–H and O–H groups in total. The van der Waals surface area contributed by atoms with Gasteiger partial charge in [-0.15, -0.1) is 5.10 Å². The Balaban J connectivity index is 1.16. The van der Waals surface area contributed by atoms with E-state index >= 15 is 0 Å². The number of hydrogen-bond acceptors (Lipinski definition) is 11. The average Bonchev–Trinajstić information content (AvgIpc) is 3.48. The minimum atomic E-state index is -0.738. The maximum absolute atomic E-state index is 13.5. The summed E-state index contributed by atoms with van der Waals surface area (Å²) in [6, 6.07) is 12.2. The Bertz CT molecular complexity index is 1790. The molecule has 1 fully saturated rings. The number of ketones is 1. The number of piperidine rings is 1. The predicted molar refractivity (Wildman–Crippen MR) is 157 cm³/mol. The Morgan fingerprint density at radius 1 is 1.00 bits per heavy atom. The van der Waals surface area contributed by atoms with Crippen LogP contribution < -0.4 is 19.0 Å². The van der Waals surface area contributed by atoms with Gasteiger partial charge in [-0.3, -0.25) is 9.59 Å². The first kappa shape index (κ1) is 29.0. The molecule has 0 unspecified atom stereocenters. The van der Waals surface area contributed by atoms with Crippen molar-refractivity contribution in [3.63, 3.8) is 0 Å². The fourth-order valence-corrected chi connectivity index (χ4v) is 5.39. The summed E-state index contributed by atoms with van der Waals surface area (Å²) in [5, 5.41) is 12.6. The van der Waals surface area contributed by atoms with Gasteiger partial charge < -0.3 is 23.9 Å². The molecule has 1 amide bonds. The van der Waals surface area contributed by atoms with Crippen LogP contribution in [-0.2, 0) is 4.79 Å². The van der Waals surface area contributed by atoms with Crippen LogP contribution in [0.4, 0.5) is 0 Å². The van der Waals surface area contributed by atoms with E-state index in [1.54, 1.807) is 70.2 Å². The van der Waals surface area contributed by atoms with E-state index in [9.17, 15) is 14.4 Å². The van der Waals surface area contributed by atoms with Crippen molar-refractivity contribution in [1.29, 1.82) is 0 Å².